The van der Waals surface area contributed by atoms with Gasteiger partial charge in [0.1, 0.15) is 5.54 Å². The van der Waals surface area contributed by atoms with Crippen LogP contribution in [-0.2, 0) is 16.5 Å². The Balaban J connectivity index is 3.09. The topological polar surface area (TPSA) is 55.1 Å². The van der Waals surface area contributed by atoms with E-state index >= 15 is 0 Å². The van der Waals surface area contributed by atoms with Crippen molar-refractivity contribution in [3.8, 4) is 0 Å². The van der Waals surface area contributed by atoms with E-state index in [1.807, 2.05) is 5.32 Å². The molecule has 3 N–H and O–H groups in total. The summed E-state index contributed by atoms with van der Waals surface area (Å²) in [6, 6.07) is 3.17. The molecule has 0 aliphatic heterocycles. The number of rotatable bonds is 4. The van der Waals surface area contributed by atoms with Gasteiger partial charge in [-0.15, -0.1) is 0 Å². The van der Waals surface area contributed by atoms with E-state index in [4.69, 9.17) is 5.73 Å². The van der Waals surface area contributed by atoms with Gasteiger partial charge in [-0.1, -0.05) is 12.1 Å². The molecule has 0 saturated carbocycles. The van der Waals surface area contributed by atoms with Crippen molar-refractivity contribution in [2.45, 2.75) is 24.8 Å². The number of alkyl halides is 6. The second-order valence-corrected chi connectivity index (χ2v) is 4.53. The molecular weight excluding hydrogens is 302 g/mol. The van der Waals surface area contributed by atoms with Gasteiger partial charge >= 0.3 is 12.4 Å². The number of nitrogens with two attached hydrogens (primary N) is 1. The first-order chi connectivity index (χ1) is 9.36. The Kier molecular flexibility index (Phi) is 4.57. The Morgan fingerprint density at radius 3 is 1.81 bits per heavy atom. The summed E-state index contributed by atoms with van der Waals surface area (Å²) in [6.07, 6.45) is -9.18. The molecule has 1 rings (SSSR count). The summed E-state index contributed by atoms with van der Waals surface area (Å²) in [5.41, 5.74) is 2.07. The van der Waals surface area contributed by atoms with E-state index < -0.39 is 35.9 Å². The molecule has 0 aliphatic carbocycles. The summed E-state index contributed by atoms with van der Waals surface area (Å²) in [5, 5.41) is 1.93. The lowest BCUT2D eigenvalue weighted by molar-refractivity contribution is -0.137. The highest BCUT2D eigenvalue weighted by Crippen LogP contribution is 2.31. The highest BCUT2D eigenvalue weighted by atomic mass is 19.4. The number of primary amides is 1. The zero-order valence-electron chi connectivity index (χ0n) is 10.8. The fourth-order valence-electron chi connectivity index (χ4n) is 1.60. The lowest BCUT2D eigenvalue weighted by Gasteiger charge is -2.29. The van der Waals surface area contributed by atoms with Crippen molar-refractivity contribution in [1.29, 1.82) is 0 Å². The largest absolute Gasteiger partial charge is 0.416 e. The molecule has 0 bridgehead atoms. The summed E-state index contributed by atoms with van der Waals surface area (Å²) >= 11 is 0. The fraction of sp³-hybridized carbons (Fsp3) is 0.417. The molecule has 3 nitrogen and oxygen atoms in total. The maximum Gasteiger partial charge on any atom is 0.416 e. The lowest BCUT2D eigenvalue weighted by atomic mass is 9.90. The minimum atomic E-state index is -4.59. The van der Waals surface area contributed by atoms with Crippen LogP contribution >= 0.6 is 0 Å². The van der Waals surface area contributed by atoms with E-state index in [2.05, 4.69) is 0 Å². The first-order valence-electron chi connectivity index (χ1n) is 5.66. The number of amides is 1. The molecule has 21 heavy (non-hydrogen) atoms. The molecule has 1 unspecified atom stereocenters. The third-order valence-electron chi connectivity index (χ3n) is 2.92. The van der Waals surface area contributed by atoms with Gasteiger partial charge in [0.05, 0.1) is 12.1 Å². The lowest BCUT2D eigenvalue weighted by Crippen LogP contribution is -2.53. The molecule has 1 amide bonds. The number of nitrogens with one attached hydrogen (secondary N) is 1. The highest BCUT2D eigenvalue weighted by Gasteiger charge is 2.38. The SMILES string of the molecule is CC(NCC(F)(F)F)(C(N)=O)c1ccc(C(F)(F)F)cc1. The van der Waals surface area contributed by atoms with Crippen LogP contribution in [0, 0.1) is 0 Å². The Morgan fingerprint density at radius 2 is 1.48 bits per heavy atom. The fourth-order valence-corrected chi connectivity index (χ4v) is 1.60. The Morgan fingerprint density at radius 1 is 1.05 bits per heavy atom. The maximum absolute atomic E-state index is 12.4. The standard InChI is InChI=1S/C12H12F6N2O/c1-10(9(19)21,20-6-11(13,14)15)7-2-4-8(5-3-7)12(16,17)18/h2-5,20H,6H2,1H3,(H2,19,21). The summed E-state index contributed by atoms with van der Waals surface area (Å²) in [6.45, 7) is -0.433. The van der Waals surface area contributed by atoms with E-state index in [1.165, 1.54) is 0 Å². The second kappa shape index (κ2) is 5.55. The molecule has 1 atom stereocenters. The Labute approximate surface area is 116 Å². The zero-order valence-corrected chi connectivity index (χ0v) is 10.8. The van der Waals surface area contributed by atoms with Gasteiger partial charge in [-0.25, -0.2) is 0 Å². The van der Waals surface area contributed by atoms with Gasteiger partial charge in [-0.2, -0.15) is 26.3 Å². The maximum atomic E-state index is 12.4. The van der Waals surface area contributed by atoms with Crippen molar-refractivity contribution in [2.75, 3.05) is 6.54 Å². The van der Waals surface area contributed by atoms with E-state index in [0.29, 0.717) is 12.1 Å². The Hall–Kier alpha value is -1.77. The van der Waals surface area contributed by atoms with Crippen LogP contribution in [0.25, 0.3) is 0 Å². The van der Waals surface area contributed by atoms with E-state index in [9.17, 15) is 31.1 Å². The van der Waals surface area contributed by atoms with E-state index in [-0.39, 0.29) is 5.56 Å². The van der Waals surface area contributed by atoms with Crippen LogP contribution in [0.2, 0.25) is 0 Å². The monoisotopic (exact) mass is 314 g/mol. The van der Waals surface area contributed by atoms with E-state index in [1.54, 1.807) is 0 Å². The highest BCUT2D eigenvalue weighted by molar-refractivity contribution is 5.85. The van der Waals surface area contributed by atoms with Crippen LogP contribution in [0.4, 0.5) is 26.3 Å². The molecule has 1 aromatic carbocycles. The van der Waals surface area contributed by atoms with Gasteiger partial charge in [0.2, 0.25) is 5.91 Å². The minimum Gasteiger partial charge on any atom is -0.368 e. The van der Waals surface area contributed by atoms with Gasteiger partial charge in [-0.05, 0) is 24.6 Å². The summed E-state index contributed by atoms with van der Waals surface area (Å²) in [4.78, 5) is 11.4. The summed E-state index contributed by atoms with van der Waals surface area (Å²) in [7, 11) is 0. The Bertz CT molecular complexity index is 508. The van der Waals surface area contributed by atoms with Gasteiger partial charge in [0, 0.05) is 0 Å². The molecule has 0 aliphatic rings. The normalized spacial score (nSPS) is 15.6. The number of hydrogen-bond acceptors (Lipinski definition) is 2. The smallest absolute Gasteiger partial charge is 0.368 e. The second-order valence-electron chi connectivity index (χ2n) is 4.53. The predicted octanol–water partition coefficient (Wildman–Crippen LogP) is 2.56. The molecule has 0 aromatic heterocycles. The molecule has 0 radical (unpaired) electrons. The molecular formula is C12H12F6N2O. The summed E-state index contributed by atoms with van der Waals surface area (Å²) in [5.74, 6) is -1.13. The van der Waals surface area contributed by atoms with Gasteiger partial charge in [0.25, 0.3) is 0 Å². The van der Waals surface area contributed by atoms with Crippen molar-refractivity contribution >= 4 is 5.91 Å². The van der Waals surface area contributed by atoms with Crippen molar-refractivity contribution in [3.63, 3.8) is 0 Å². The van der Waals surface area contributed by atoms with Crippen molar-refractivity contribution < 1.29 is 31.1 Å². The van der Waals surface area contributed by atoms with Gasteiger partial charge in [-0.3, -0.25) is 10.1 Å². The first-order valence-corrected chi connectivity index (χ1v) is 5.66. The molecule has 9 heteroatoms. The minimum absolute atomic E-state index is 0.0905. The van der Waals surface area contributed by atoms with Crippen LogP contribution in [-0.4, -0.2) is 18.6 Å². The molecule has 0 spiro atoms. The third-order valence-corrected chi connectivity index (χ3v) is 2.92. The van der Waals surface area contributed by atoms with Crippen LogP contribution in [0.1, 0.15) is 18.1 Å². The molecule has 1 aromatic rings. The van der Waals surface area contributed by atoms with Crippen LogP contribution in [0.15, 0.2) is 24.3 Å². The average Bonchev–Trinajstić information content (AvgIpc) is 2.34. The average molecular weight is 314 g/mol. The number of hydrogen-bond donors (Lipinski definition) is 2. The van der Waals surface area contributed by atoms with Gasteiger partial charge in [0.15, 0.2) is 0 Å². The number of halogens is 6. The van der Waals surface area contributed by atoms with Crippen LogP contribution in [0.5, 0.6) is 0 Å². The molecule has 0 saturated heterocycles. The quantitative estimate of drug-likeness (QED) is 0.839. The van der Waals surface area contributed by atoms with Crippen molar-refractivity contribution in [2.24, 2.45) is 5.73 Å². The van der Waals surface area contributed by atoms with Gasteiger partial charge < -0.3 is 5.73 Å². The van der Waals surface area contributed by atoms with Crippen LogP contribution < -0.4 is 11.1 Å². The van der Waals surface area contributed by atoms with Crippen LogP contribution in [0.3, 0.4) is 0 Å². The van der Waals surface area contributed by atoms with E-state index in [0.717, 1.165) is 19.1 Å². The zero-order chi connectivity index (χ0) is 16.5. The van der Waals surface area contributed by atoms with Crippen molar-refractivity contribution in [3.05, 3.63) is 35.4 Å². The third kappa shape index (κ3) is 4.35. The summed E-state index contributed by atoms with van der Waals surface area (Å²) < 4.78 is 73.9. The number of benzene rings is 1. The van der Waals surface area contributed by atoms with Crippen molar-refractivity contribution in [1.82, 2.24) is 5.32 Å². The molecule has 0 heterocycles. The molecule has 118 valence electrons. The first kappa shape index (κ1) is 17.3. The predicted molar refractivity (Wildman–Crippen MR) is 62.0 cm³/mol. The molecule has 0 fully saturated rings. The number of carbonyl (C=O) groups excluding carboxylic acids is 1. The number of carbonyl (C=O) groups is 1.